The molecule has 2 aromatic rings. The molecule has 0 aliphatic heterocycles. The van der Waals surface area contributed by atoms with Gasteiger partial charge in [0.15, 0.2) is 0 Å². The van der Waals surface area contributed by atoms with E-state index in [4.69, 9.17) is 46.4 Å². The number of anilines is 2. The first kappa shape index (κ1) is 23.8. The Hall–Kier alpha value is -1.86. The Morgan fingerprint density at radius 1 is 0.871 bits per heavy atom. The van der Waals surface area contributed by atoms with Gasteiger partial charge in [-0.3, -0.25) is 0 Å². The SMILES string of the molecule is CC1(C)[C@H](CNC(=O)Nc2ccc(Cl)c(Cl)c2)C[C@@H]1NC(=O)Nc1ccc(Cl)c(Cl)c1. The molecule has 2 atom stereocenters. The lowest BCUT2D eigenvalue weighted by Crippen LogP contribution is -2.61. The molecule has 0 spiro atoms. The lowest BCUT2D eigenvalue weighted by molar-refractivity contribution is 0.0244. The lowest BCUT2D eigenvalue weighted by Gasteiger charge is -2.52. The van der Waals surface area contributed by atoms with Crippen molar-refractivity contribution < 1.29 is 9.59 Å². The summed E-state index contributed by atoms with van der Waals surface area (Å²) < 4.78 is 0. The minimum atomic E-state index is -0.331. The van der Waals surface area contributed by atoms with Crippen LogP contribution in [0, 0.1) is 11.3 Å². The fourth-order valence-electron chi connectivity index (χ4n) is 3.47. The summed E-state index contributed by atoms with van der Waals surface area (Å²) in [5.41, 5.74) is 0.922. The number of rotatable bonds is 5. The molecule has 2 aromatic carbocycles. The van der Waals surface area contributed by atoms with E-state index in [2.05, 4.69) is 35.1 Å². The van der Waals surface area contributed by atoms with Crippen molar-refractivity contribution in [2.24, 2.45) is 11.3 Å². The Morgan fingerprint density at radius 3 is 1.87 bits per heavy atom. The van der Waals surface area contributed by atoms with Crippen LogP contribution in [-0.2, 0) is 0 Å². The molecule has 0 aromatic heterocycles. The van der Waals surface area contributed by atoms with E-state index in [1.165, 1.54) is 0 Å². The average molecular weight is 504 g/mol. The number of hydrogen-bond acceptors (Lipinski definition) is 2. The third kappa shape index (κ3) is 5.89. The van der Waals surface area contributed by atoms with Gasteiger partial charge in [-0.25, -0.2) is 9.59 Å². The maximum atomic E-state index is 12.3. The zero-order valence-electron chi connectivity index (χ0n) is 16.9. The molecule has 0 saturated heterocycles. The quantitative estimate of drug-likeness (QED) is 0.368. The molecule has 1 saturated carbocycles. The van der Waals surface area contributed by atoms with E-state index in [1.807, 2.05) is 0 Å². The molecule has 0 bridgehead atoms. The zero-order valence-corrected chi connectivity index (χ0v) is 19.9. The van der Waals surface area contributed by atoms with Crippen LogP contribution < -0.4 is 21.3 Å². The molecule has 1 aliphatic rings. The van der Waals surface area contributed by atoms with Crippen LogP contribution in [0.25, 0.3) is 0 Å². The van der Waals surface area contributed by atoms with E-state index in [9.17, 15) is 9.59 Å². The van der Waals surface area contributed by atoms with E-state index in [0.717, 1.165) is 6.42 Å². The minimum Gasteiger partial charge on any atom is -0.338 e. The molecular weight excluding hydrogens is 482 g/mol. The summed E-state index contributed by atoms with van der Waals surface area (Å²) in [6.07, 6.45) is 0.745. The van der Waals surface area contributed by atoms with Crippen molar-refractivity contribution in [3.05, 3.63) is 56.5 Å². The van der Waals surface area contributed by atoms with Crippen LogP contribution in [0.5, 0.6) is 0 Å². The highest BCUT2D eigenvalue weighted by atomic mass is 35.5. The van der Waals surface area contributed by atoms with E-state index in [0.29, 0.717) is 38.0 Å². The molecule has 31 heavy (non-hydrogen) atoms. The first-order valence-electron chi connectivity index (χ1n) is 9.58. The zero-order chi connectivity index (χ0) is 22.8. The number of hydrogen-bond donors (Lipinski definition) is 4. The summed E-state index contributed by atoms with van der Waals surface area (Å²) in [6, 6.07) is 9.10. The summed E-state index contributed by atoms with van der Waals surface area (Å²) in [4.78, 5) is 24.5. The fraction of sp³-hybridized carbons (Fsp3) is 0.333. The Balaban J connectivity index is 1.45. The standard InChI is InChI=1S/C21H22Cl4N4O2/c1-21(2)11(10-26-19(30)27-12-3-5-14(22)16(24)8-12)7-18(21)29-20(31)28-13-4-6-15(23)17(25)9-13/h3-6,8-9,11,18H,7,10H2,1-2H3,(H2,26,27,30)(H2,28,29,31)/t11-,18-/m0/s1. The number of carbonyl (C=O) groups excluding carboxylic acids is 2. The van der Waals surface area contributed by atoms with Gasteiger partial charge in [0.1, 0.15) is 0 Å². The molecule has 4 amide bonds. The molecule has 0 radical (unpaired) electrons. The van der Waals surface area contributed by atoms with Crippen LogP contribution in [-0.4, -0.2) is 24.6 Å². The molecule has 1 fully saturated rings. The lowest BCUT2D eigenvalue weighted by atomic mass is 9.58. The molecule has 0 unspecified atom stereocenters. The summed E-state index contributed by atoms with van der Waals surface area (Å²) in [6.45, 7) is 4.60. The maximum absolute atomic E-state index is 12.3. The molecule has 10 heteroatoms. The predicted molar refractivity (Wildman–Crippen MR) is 128 cm³/mol. The van der Waals surface area contributed by atoms with Gasteiger partial charge in [-0.05, 0) is 54.2 Å². The topological polar surface area (TPSA) is 82.3 Å². The second kappa shape index (κ2) is 9.74. The van der Waals surface area contributed by atoms with Gasteiger partial charge in [0.25, 0.3) is 0 Å². The summed E-state index contributed by atoms with van der Waals surface area (Å²) in [7, 11) is 0. The second-order valence-electron chi connectivity index (χ2n) is 8.00. The number of amides is 4. The molecule has 6 nitrogen and oxygen atoms in total. The highest BCUT2D eigenvalue weighted by Gasteiger charge is 2.48. The van der Waals surface area contributed by atoms with E-state index >= 15 is 0 Å². The van der Waals surface area contributed by atoms with Crippen molar-refractivity contribution in [1.82, 2.24) is 10.6 Å². The third-order valence-corrected chi connectivity index (χ3v) is 7.12. The first-order chi connectivity index (χ1) is 14.6. The molecular formula is C21H22Cl4N4O2. The third-order valence-electron chi connectivity index (χ3n) is 5.64. The van der Waals surface area contributed by atoms with Crippen molar-refractivity contribution in [1.29, 1.82) is 0 Å². The van der Waals surface area contributed by atoms with Gasteiger partial charge in [0.2, 0.25) is 0 Å². The smallest absolute Gasteiger partial charge is 0.319 e. The normalized spacial score (nSPS) is 19.2. The number of nitrogens with one attached hydrogen (secondary N) is 4. The minimum absolute atomic E-state index is 0.0276. The van der Waals surface area contributed by atoms with Gasteiger partial charge < -0.3 is 21.3 Å². The largest absolute Gasteiger partial charge is 0.338 e. The van der Waals surface area contributed by atoms with Crippen LogP contribution in [0.3, 0.4) is 0 Å². The van der Waals surface area contributed by atoms with Crippen molar-refractivity contribution in [2.75, 3.05) is 17.2 Å². The maximum Gasteiger partial charge on any atom is 0.319 e. The van der Waals surface area contributed by atoms with Gasteiger partial charge in [0, 0.05) is 24.0 Å². The Bertz CT molecular complexity index is 999. The first-order valence-corrected chi connectivity index (χ1v) is 11.1. The van der Waals surface area contributed by atoms with Crippen molar-refractivity contribution >= 4 is 69.8 Å². The van der Waals surface area contributed by atoms with Crippen LogP contribution in [0.4, 0.5) is 21.0 Å². The second-order valence-corrected chi connectivity index (χ2v) is 9.63. The number of halogens is 4. The Morgan fingerprint density at radius 2 is 1.39 bits per heavy atom. The predicted octanol–water partition coefficient (Wildman–Crippen LogP) is 6.66. The van der Waals surface area contributed by atoms with Crippen LogP contribution in [0.2, 0.25) is 20.1 Å². The van der Waals surface area contributed by atoms with Gasteiger partial charge in [0.05, 0.1) is 20.1 Å². The van der Waals surface area contributed by atoms with Crippen LogP contribution >= 0.6 is 46.4 Å². The number of carbonyl (C=O) groups is 2. The molecule has 166 valence electrons. The van der Waals surface area contributed by atoms with Crippen molar-refractivity contribution in [2.45, 2.75) is 26.3 Å². The average Bonchev–Trinajstić information content (AvgIpc) is 2.69. The highest BCUT2D eigenvalue weighted by molar-refractivity contribution is 6.42. The van der Waals surface area contributed by atoms with E-state index < -0.39 is 0 Å². The van der Waals surface area contributed by atoms with Crippen LogP contribution in [0.15, 0.2) is 36.4 Å². The fourth-order valence-corrected chi connectivity index (χ4v) is 4.07. The molecule has 0 heterocycles. The number of benzene rings is 2. The Kier molecular flexibility index (Phi) is 7.47. The summed E-state index contributed by atoms with van der Waals surface area (Å²) in [5.74, 6) is 0.210. The highest BCUT2D eigenvalue weighted by Crippen LogP contribution is 2.45. The van der Waals surface area contributed by atoms with Gasteiger partial charge in [-0.1, -0.05) is 60.3 Å². The van der Waals surface area contributed by atoms with Crippen molar-refractivity contribution in [3.8, 4) is 0 Å². The monoisotopic (exact) mass is 502 g/mol. The van der Waals surface area contributed by atoms with E-state index in [1.54, 1.807) is 36.4 Å². The van der Waals surface area contributed by atoms with Crippen LogP contribution in [0.1, 0.15) is 20.3 Å². The van der Waals surface area contributed by atoms with E-state index in [-0.39, 0.29) is 29.4 Å². The number of urea groups is 2. The van der Waals surface area contributed by atoms with Gasteiger partial charge in [-0.15, -0.1) is 0 Å². The summed E-state index contributed by atoms with van der Waals surface area (Å²) in [5, 5.41) is 12.9. The molecule has 1 aliphatic carbocycles. The summed E-state index contributed by atoms with van der Waals surface area (Å²) >= 11 is 23.7. The Labute approximate surface area is 201 Å². The molecule has 4 N–H and O–H groups in total. The van der Waals surface area contributed by atoms with Crippen molar-refractivity contribution in [3.63, 3.8) is 0 Å². The molecule has 3 rings (SSSR count). The van der Waals surface area contributed by atoms with Gasteiger partial charge >= 0.3 is 12.1 Å². The van der Waals surface area contributed by atoms with Gasteiger partial charge in [-0.2, -0.15) is 0 Å².